The summed E-state index contributed by atoms with van der Waals surface area (Å²) in [7, 11) is 1.46. The van der Waals surface area contributed by atoms with E-state index in [1.165, 1.54) is 26.2 Å². The van der Waals surface area contributed by atoms with Gasteiger partial charge in [0.2, 0.25) is 0 Å². The molecule has 0 saturated carbocycles. The summed E-state index contributed by atoms with van der Waals surface area (Å²) in [6.45, 7) is 1.43. The quantitative estimate of drug-likeness (QED) is 0.848. The van der Waals surface area contributed by atoms with Crippen molar-refractivity contribution in [2.45, 2.75) is 32.3 Å². The van der Waals surface area contributed by atoms with Crippen molar-refractivity contribution in [1.29, 1.82) is 0 Å². The average Bonchev–Trinajstić information content (AvgIpc) is 2.60. The number of ketones is 2. The highest BCUT2D eigenvalue weighted by atomic mass is 16.5. The van der Waals surface area contributed by atoms with Crippen LogP contribution >= 0.6 is 0 Å². The summed E-state index contributed by atoms with van der Waals surface area (Å²) in [5, 5.41) is 10.2. The highest BCUT2D eigenvalue weighted by Gasteiger charge is 2.33. The summed E-state index contributed by atoms with van der Waals surface area (Å²) in [6.07, 6.45) is 10.7. The Morgan fingerprint density at radius 2 is 2.20 bits per heavy atom. The van der Waals surface area contributed by atoms with Gasteiger partial charge in [0.25, 0.3) is 0 Å². The van der Waals surface area contributed by atoms with Crippen molar-refractivity contribution < 1.29 is 24.2 Å². The van der Waals surface area contributed by atoms with Gasteiger partial charge in [-0.25, -0.2) is 0 Å². The van der Waals surface area contributed by atoms with E-state index in [1.54, 1.807) is 6.08 Å². The highest BCUT2D eigenvalue weighted by molar-refractivity contribution is 6.05. The Balaban J connectivity index is 2.11. The number of hydrogen-bond acceptors (Lipinski definition) is 5. The first-order chi connectivity index (χ1) is 12.0. The molecule has 1 aromatic rings. The van der Waals surface area contributed by atoms with Crippen molar-refractivity contribution in [3.8, 4) is 17.2 Å². The number of hydrogen-bond donors (Lipinski definition) is 1. The van der Waals surface area contributed by atoms with Crippen LogP contribution in [0.1, 0.15) is 42.1 Å². The van der Waals surface area contributed by atoms with E-state index in [1.807, 2.05) is 6.08 Å². The van der Waals surface area contributed by atoms with Gasteiger partial charge in [-0.3, -0.25) is 9.59 Å². The lowest BCUT2D eigenvalue weighted by molar-refractivity contribution is -0.112. The number of phenols is 1. The second-order valence-electron chi connectivity index (χ2n) is 6.08. The fourth-order valence-electron chi connectivity index (χ4n) is 3.07. The molecule has 0 spiro atoms. The van der Waals surface area contributed by atoms with E-state index in [0.29, 0.717) is 11.3 Å². The van der Waals surface area contributed by atoms with Crippen LogP contribution in [0.25, 0.3) is 6.08 Å². The molecule has 0 radical (unpaired) electrons. The molecule has 1 aliphatic heterocycles. The molecule has 0 amide bonds. The SMILES string of the molecule is COc1cc(O)c2c(c1C=CC(C)=O)OC(C1=CCCC=C1)CC2=O. The number of ether oxygens (including phenoxy) is 2. The molecule has 5 nitrogen and oxygen atoms in total. The zero-order valence-electron chi connectivity index (χ0n) is 14.2. The topological polar surface area (TPSA) is 72.8 Å². The van der Waals surface area contributed by atoms with Gasteiger partial charge < -0.3 is 14.6 Å². The zero-order valence-corrected chi connectivity index (χ0v) is 14.2. The van der Waals surface area contributed by atoms with Crippen molar-refractivity contribution >= 4 is 17.6 Å². The Labute approximate surface area is 146 Å². The van der Waals surface area contributed by atoms with Crippen LogP contribution in [0.15, 0.2) is 35.9 Å². The zero-order chi connectivity index (χ0) is 18.0. The van der Waals surface area contributed by atoms with Gasteiger partial charge >= 0.3 is 0 Å². The maximum Gasteiger partial charge on any atom is 0.174 e. The largest absolute Gasteiger partial charge is 0.507 e. The minimum Gasteiger partial charge on any atom is -0.507 e. The van der Waals surface area contributed by atoms with Gasteiger partial charge in [0.1, 0.15) is 28.9 Å². The van der Waals surface area contributed by atoms with E-state index in [2.05, 4.69) is 12.2 Å². The lowest BCUT2D eigenvalue weighted by Gasteiger charge is -2.29. The average molecular weight is 340 g/mol. The first-order valence-electron chi connectivity index (χ1n) is 8.20. The van der Waals surface area contributed by atoms with E-state index in [-0.39, 0.29) is 35.0 Å². The van der Waals surface area contributed by atoms with Crippen LogP contribution < -0.4 is 9.47 Å². The number of carbonyl (C=O) groups excluding carboxylic acids is 2. The number of carbonyl (C=O) groups is 2. The second-order valence-corrected chi connectivity index (χ2v) is 6.08. The molecule has 1 aliphatic carbocycles. The molecule has 0 saturated heterocycles. The Bertz CT molecular complexity index is 814. The predicted molar refractivity (Wildman–Crippen MR) is 94.2 cm³/mol. The number of rotatable bonds is 4. The maximum absolute atomic E-state index is 12.6. The van der Waals surface area contributed by atoms with Crippen molar-refractivity contribution in [1.82, 2.24) is 0 Å². The Morgan fingerprint density at radius 1 is 1.40 bits per heavy atom. The van der Waals surface area contributed by atoms with Crippen molar-refractivity contribution in [2.24, 2.45) is 0 Å². The van der Waals surface area contributed by atoms with Crippen LogP contribution in [0.4, 0.5) is 0 Å². The smallest absolute Gasteiger partial charge is 0.174 e. The van der Waals surface area contributed by atoms with Crippen molar-refractivity contribution in [3.05, 3.63) is 47.1 Å². The van der Waals surface area contributed by atoms with Gasteiger partial charge in [-0.1, -0.05) is 18.2 Å². The maximum atomic E-state index is 12.6. The molecule has 25 heavy (non-hydrogen) atoms. The van der Waals surface area contributed by atoms with Crippen molar-refractivity contribution in [2.75, 3.05) is 7.11 Å². The van der Waals surface area contributed by atoms with E-state index in [4.69, 9.17) is 9.47 Å². The van der Waals surface area contributed by atoms with Crippen LogP contribution in [-0.2, 0) is 4.79 Å². The Morgan fingerprint density at radius 3 is 2.84 bits per heavy atom. The minimum absolute atomic E-state index is 0.138. The normalized spacial score (nSPS) is 19.4. The Kier molecular flexibility index (Phi) is 4.74. The third kappa shape index (κ3) is 3.36. The molecule has 1 N–H and O–H groups in total. The second kappa shape index (κ2) is 6.97. The number of Topliss-reactive ketones (excluding diaryl/α,β-unsaturated/α-hetero) is 1. The van der Waals surface area contributed by atoms with Crippen LogP contribution in [0, 0.1) is 0 Å². The van der Waals surface area contributed by atoms with E-state index >= 15 is 0 Å². The molecule has 1 aromatic carbocycles. The van der Waals surface area contributed by atoms with Crippen LogP contribution in [0.5, 0.6) is 17.2 Å². The molecule has 1 heterocycles. The summed E-state index contributed by atoms with van der Waals surface area (Å²) in [6, 6.07) is 1.38. The fourth-order valence-corrected chi connectivity index (χ4v) is 3.07. The van der Waals surface area contributed by atoms with E-state index < -0.39 is 6.10 Å². The summed E-state index contributed by atoms with van der Waals surface area (Å²) in [5.74, 6) is 0.0958. The summed E-state index contributed by atoms with van der Waals surface area (Å²) >= 11 is 0. The molecule has 0 aromatic heterocycles. The first-order valence-corrected chi connectivity index (χ1v) is 8.20. The summed E-state index contributed by atoms with van der Waals surface area (Å²) in [4.78, 5) is 24.0. The third-order valence-corrected chi connectivity index (χ3v) is 4.27. The molecular formula is C20H20O5. The highest BCUT2D eigenvalue weighted by Crippen LogP contribution is 2.44. The minimum atomic E-state index is -0.410. The van der Waals surface area contributed by atoms with Crippen LogP contribution in [0.2, 0.25) is 0 Å². The van der Waals surface area contributed by atoms with Gasteiger partial charge in [-0.05, 0) is 37.5 Å². The molecule has 3 rings (SSSR count). The Hall–Kier alpha value is -2.82. The van der Waals surface area contributed by atoms with Gasteiger partial charge in [-0.15, -0.1) is 0 Å². The van der Waals surface area contributed by atoms with Gasteiger partial charge in [0.05, 0.1) is 19.1 Å². The summed E-state index contributed by atoms with van der Waals surface area (Å²) in [5.41, 5.74) is 1.57. The van der Waals surface area contributed by atoms with Gasteiger partial charge in [0.15, 0.2) is 11.6 Å². The van der Waals surface area contributed by atoms with E-state index in [9.17, 15) is 14.7 Å². The molecule has 1 unspecified atom stereocenters. The lowest BCUT2D eigenvalue weighted by atomic mass is 9.91. The molecule has 5 heteroatoms. The monoisotopic (exact) mass is 340 g/mol. The molecule has 0 bridgehead atoms. The standard InChI is InChI=1S/C20H20O5/c1-12(21)8-9-14-18(24-2)11-16(23)19-15(22)10-17(25-20(14)19)13-6-4-3-5-7-13/h4,6-9,11,17,23H,3,5,10H2,1-2H3. The number of benzene rings is 1. The number of phenolic OH excluding ortho intramolecular Hbond substituents is 1. The molecule has 1 atom stereocenters. The van der Waals surface area contributed by atoms with Gasteiger partial charge in [-0.2, -0.15) is 0 Å². The van der Waals surface area contributed by atoms with Crippen molar-refractivity contribution in [3.63, 3.8) is 0 Å². The predicted octanol–water partition coefficient (Wildman–Crippen LogP) is 3.61. The van der Waals surface area contributed by atoms with Gasteiger partial charge in [0, 0.05) is 6.07 Å². The molecular weight excluding hydrogens is 320 g/mol. The van der Waals surface area contributed by atoms with Crippen LogP contribution in [0.3, 0.4) is 0 Å². The van der Waals surface area contributed by atoms with E-state index in [0.717, 1.165) is 18.4 Å². The third-order valence-electron chi connectivity index (χ3n) is 4.27. The summed E-state index contributed by atoms with van der Waals surface area (Å²) < 4.78 is 11.4. The number of methoxy groups -OCH3 is 1. The molecule has 130 valence electrons. The van der Waals surface area contributed by atoms with Crippen LogP contribution in [-0.4, -0.2) is 29.9 Å². The first kappa shape index (κ1) is 17.0. The number of allylic oxidation sites excluding steroid dienone is 3. The number of fused-ring (bicyclic) bond motifs is 1. The number of aromatic hydroxyl groups is 1. The molecule has 0 fully saturated rings. The lowest BCUT2D eigenvalue weighted by Crippen LogP contribution is -2.29. The molecule has 2 aliphatic rings. The fraction of sp³-hybridized carbons (Fsp3) is 0.300.